The van der Waals surface area contributed by atoms with Crippen molar-refractivity contribution in [3.05, 3.63) is 34.9 Å². The lowest BCUT2D eigenvalue weighted by atomic mass is 9.77. The van der Waals surface area contributed by atoms with Gasteiger partial charge in [-0.15, -0.1) is 0 Å². The van der Waals surface area contributed by atoms with Crippen molar-refractivity contribution in [2.24, 2.45) is 5.92 Å². The topological polar surface area (TPSA) is 58.6 Å². The van der Waals surface area contributed by atoms with Crippen LogP contribution in [0.25, 0.3) is 0 Å². The third-order valence-electron chi connectivity index (χ3n) is 4.59. The van der Waals surface area contributed by atoms with E-state index >= 15 is 0 Å². The first-order valence-electron chi connectivity index (χ1n) is 7.88. The molecule has 3 rings (SSSR count). The first-order valence-corrected chi connectivity index (χ1v) is 7.88. The Kier molecular flexibility index (Phi) is 4.27. The molecule has 1 saturated carbocycles. The van der Waals surface area contributed by atoms with Gasteiger partial charge in [-0.1, -0.05) is 12.1 Å². The van der Waals surface area contributed by atoms with E-state index < -0.39 is 6.10 Å². The van der Waals surface area contributed by atoms with Crippen molar-refractivity contribution in [3.8, 4) is 0 Å². The minimum absolute atomic E-state index is 0.0228. The minimum atomic E-state index is -0.488. The van der Waals surface area contributed by atoms with E-state index in [0.29, 0.717) is 18.6 Å². The molecule has 0 spiro atoms. The molecular formula is C17H23NO3. The quantitative estimate of drug-likeness (QED) is 0.874. The number of aliphatic hydroxyl groups excluding tert-OH is 1. The minimum Gasteiger partial charge on any atom is -0.388 e. The zero-order valence-electron chi connectivity index (χ0n) is 12.5. The van der Waals surface area contributed by atoms with Crippen molar-refractivity contribution in [3.63, 3.8) is 0 Å². The van der Waals surface area contributed by atoms with E-state index in [-0.39, 0.29) is 5.91 Å². The molecule has 0 saturated heterocycles. The van der Waals surface area contributed by atoms with Crippen LogP contribution in [0.1, 0.15) is 53.8 Å². The summed E-state index contributed by atoms with van der Waals surface area (Å²) in [6.07, 6.45) is 3.59. The summed E-state index contributed by atoms with van der Waals surface area (Å²) in [4.78, 5) is 11.9. The smallest absolute Gasteiger partial charge is 0.251 e. The van der Waals surface area contributed by atoms with Gasteiger partial charge in [0.05, 0.1) is 12.2 Å². The number of ether oxygens (including phenoxy) is 1. The number of fused-ring (bicyclic) bond motifs is 1. The maximum absolute atomic E-state index is 11.9. The summed E-state index contributed by atoms with van der Waals surface area (Å²) in [7, 11) is 0. The number of benzene rings is 1. The van der Waals surface area contributed by atoms with Crippen molar-refractivity contribution in [2.45, 2.75) is 44.8 Å². The number of hydrogen-bond acceptors (Lipinski definition) is 3. The number of rotatable bonds is 5. The summed E-state index contributed by atoms with van der Waals surface area (Å²) in [5, 5.41) is 13.2. The first-order chi connectivity index (χ1) is 10.2. The molecule has 1 aliphatic carbocycles. The van der Waals surface area contributed by atoms with Gasteiger partial charge in [-0.05, 0) is 55.7 Å². The lowest BCUT2D eigenvalue weighted by Gasteiger charge is -2.36. The summed E-state index contributed by atoms with van der Waals surface area (Å²) in [5.41, 5.74) is 2.65. The Morgan fingerprint density at radius 2 is 2.24 bits per heavy atom. The Labute approximate surface area is 125 Å². The Hall–Kier alpha value is -1.39. The van der Waals surface area contributed by atoms with Gasteiger partial charge >= 0.3 is 0 Å². The van der Waals surface area contributed by atoms with Gasteiger partial charge in [0.25, 0.3) is 5.91 Å². The summed E-state index contributed by atoms with van der Waals surface area (Å²) in [6, 6.07) is 5.80. The molecule has 1 aromatic carbocycles. The molecule has 0 radical (unpaired) electrons. The molecule has 114 valence electrons. The SMILES string of the molecule is CCOC1CC(CC(O)c2ccc3c(c2)C(=O)NCC3)C1. The molecular weight excluding hydrogens is 266 g/mol. The average molecular weight is 289 g/mol. The second-order valence-electron chi connectivity index (χ2n) is 6.09. The van der Waals surface area contributed by atoms with Gasteiger partial charge in [0.15, 0.2) is 0 Å². The maximum Gasteiger partial charge on any atom is 0.251 e. The number of carbonyl (C=O) groups excluding carboxylic acids is 1. The lowest BCUT2D eigenvalue weighted by molar-refractivity contribution is -0.0380. The van der Waals surface area contributed by atoms with Crippen molar-refractivity contribution < 1.29 is 14.6 Å². The zero-order chi connectivity index (χ0) is 14.8. The van der Waals surface area contributed by atoms with Crippen molar-refractivity contribution in [2.75, 3.05) is 13.2 Å². The molecule has 0 bridgehead atoms. The molecule has 1 heterocycles. The first kappa shape index (κ1) is 14.5. The van der Waals surface area contributed by atoms with Crippen LogP contribution >= 0.6 is 0 Å². The second kappa shape index (κ2) is 6.16. The van der Waals surface area contributed by atoms with Gasteiger partial charge in [0.2, 0.25) is 0 Å². The molecule has 4 heteroatoms. The van der Waals surface area contributed by atoms with Gasteiger partial charge in [-0.3, -0.25) is 4.79 Å². The summed E-state index contributed by atoms with van der Waals surface area (Å²) >= 11 is 0. The van der Waals surface area contributed by atoms with Crippen LogP contribution in [0.4, 0.5) is 0 Å². The number of aliphatic hydroxyl groups is 1. The fourth-order valence-corrected chi connectivity index (χ4v) is 3.33. The Bertz CT molecular complexity index is 523. The number of nitrogens with one attached hydrogen (secondary N) is 1. The van der Waals surface area contributed by atoms with E-state index in [2.05, 4.69) is 5.32 Å². The molecule has 4 nitrogen and oxygen atoms in total. The fourth-order valence-electron chi connectivity index (χ4n) is 3.33. The zero-order valence-corrected chi connectivity index (χ0v) is 12.5. The number of carbonyl (C=O) groups is 1. The van der Waals surface area contributed by atoms with Crippen LogP contribution in [0.3, 0.4) is 0 Å². The van der Waals surface area contributed by atoms with Crippen LogP contribution in [-0.4, -0.2) is 30.3 Å². The molecule has 0 aromatic heterocycles. The second-order valence-corrected chi connectivity index (χ2v) is 6.09. The van der Waals surface area contributed by atoms with Gasteiger partial charge in [-0.25, -0.2) is 0 Å². The predicted molar refractivity (Wildman–Crippen MR) is 80.2 cm³/mol. The standard InChI is InChI=1S/C17H23NO3/c1-2-21-14-7-11(8-14)9-16(19)13-4-3-12-5-6-18-17(20)15(12)10-13/h3-4,10-11,14,16,19H,2,5-9H2,1H3,(H,18,20). The molecule has 2 N–H and O–H groups in total. The van der Waals surface area contributed by atoms with Crippen molar-refractivity contribution in [1.29, 1.82) is 0 Å². The van der Waals surface area contributed by atoms with Crippen LogP contribution in [-0.2, 0) is 11.2 Å². The molecule has 21 heavy (non-hydrogen) atoms. The van der Waals surface area contributed by atoms with Gasteiger partial charge in [0.1, 0.15) is 0 Å². The third-order valence-corrected chi connectivity index (χ3v) is 4.59. The molecule has 1 aliphatic heterocycles. The summed E-state index contributed by atoms with van der Waals surface area (Å²) in [5.74, 6) is 0.506. The Morgan fingerprint density at radius 1 is 1.43 bits per heavy atom. The highest BCUT2D eigenvalue weighted by atomic mass is 16.5. The molecule has 2 aliphatic rings. The largest absolute Gasteiger partial charge is 0.388 e. The lowest BCUT2D eigenvalue weighted by Crippen LogP contribution is -2.33. The molecule has 1 aromatic rings. The van der Waals surface area contributed by atoms with Crippen LogP contribution in [0.2, 0.25) is 0 Å². The van der Waals surface area contributed by atoms with E-state index in [0.717, 1.165) is 49.0 Å². The van der Waals surface area contributed by atoms with Gasteiger partial charge in [0, 0.05) is 18.7 Å². The fraction of sp³-hybridized carbons (Fsp3) is 0.588. The van der Waals surface area contributed by atoms with Crippen molar-refractivity contribution >= 4 is 5.91 Å². The van der Waals surface area contributed by atoms with Gasteiger partial charge in [-0.2, -0.15) is 0 Å². The van der Waals surface area contributed by atoms with Crippen LogP contribution in [0.15, 0.2) is 18.2 Å². The van der Waals surface area contributed by atoms with Crippen LogP contribution in [0, 0.1) is 5.92 Å². The highest BCUT2D eigenvalue weighted by Crippen LogP contribution is 2.37. The molecule has 1 fully saturated rings. The van der Waals surface area contributed by atoms with E-state index in [1.807, 2.05) is 25.1 Å². The highest BCUT2D eigenvalue weighted by molar-refractivity contribution is 5.96. The van der Waals surface area contributed by atoms with Crippen LogP contribution in [0.5, 0.6) is 0 Å². The molecule has 1 amide bonds. The maximum atomic E-state index is 11.9. The van der Waals surface area contributed by atoms with E-state index in [1.54, 1.807) is 0 Å². The summed E-state index contributed by atoms with van der Waals surface area (Å²) < 4.78 is 5.55. The van der Waals surface area contributed by atoms with Crippen molar-refractivity contribution in [1.82, 2.24) is 5.32 Å². The predicted octanol–water partition coefficient (Wildman–Crippen LogP) is 2.21. The molecule has 1 unspecified atom stereocenters. The normalized spacial score (nSPS) is 25.7. The van der Waals surface area contributed by atoms with E-state index in [1.165, 1.54) is 0 Å². The molecule has 1 atom stereocenters. The summed E-state index contributed by atoms with van der Waals surface area (Å²) in [6.45, 7) is 3.48. The third kappa shape index (κ3) is 3.11. The van der Waals surface area contributed by atoms with Gasteiger partial charge < -0.3 is 15.2 Å². The monoisotopic (exact) mass is 289 g/mol. The number of amides is 1. The Morgan fingerprint density at radius 3 is 3.00 bits per heavy atom. The highest BCUT2D eigenvalue weighted by Gasteiger charge is 2.31. The van der Waals surface area contributed by atoms with Crippen LogP contribution < -0.4 is 5.32 Å². The van der Waals surface area contributed by atoms with E-state index in [9.17, 15) is 9.90 Å². The number of hydrogen-bond donors (Lipinski definition) is 2. The average Bonchev–Trinajstić information content (AvgIpc) is 2.45. The Balaban J connectivity index is 1.62. The van der Waals surface area contributed by atoms with E-state index in [4.69, 9.17) is 4.74 Å².